The standard InChI is InChI=1S/C17H21N3O5S/c1-3-25-10-4-9-19-15(22)16(23)20(17(19)24)11-14(21)18-12-5-7-13(26-2)8-6-12/h5-8H,3-4,9-11H2,1-2H3,(H,18,21). The second kappa shape index (κ2) is 9.35. The first-order valence-electron chi connectivity index (χ1n) is 8.17. The molecule has 0 atom stereocenters. The molecule has 1 heterocycles. The molecule has 0 radical (unpaired) electrons. The van der Waals surface area contributed by atoms with Crippen LogP contribution in [0.1, 0.15) is 13.3 Å². The highest BCUT2D eigenvalue weighted by atomic mass is 32.2. The number of ether oxygens (including phenoxy) is 1. The lowest BCUT2D eigenvalue weighted by atomic mass is 10.3. The fraction of sp³-hybridized carbons (Fsp3) is 0.412. The second-order valence-corrected chi connectivity index (χ2v) is 6.34. The fourth-order valence-corrected chi connectivity index (χ4v) is 2.78. The van der Waals surface area contributed by atoms with E-state index in [0.29, 0.717) is 30.2 Å². The zero-order chi connectivity index (χ0) is 19.1. The van der Waals surface area contributed by atoms with Gasteiger partial charge in [-0.3, -0.25) is 19.3 Å². The average Bonchev–Trinajstić information content (AvgIpc) is 2.83. The van der Waals surface area contributed by atoms with Gasteiger partial charge in [0.2, 0.25) is 5.91 Å². The molecular formula is C17H21N3O5S. The number of carbonyl (C=O) groups excluding carboxylic acids is 4. The Morgan fingerprint density at radius 1 is 1.12 bits per heavy atom. The lowest BCUT2D eigenvalue weighted by molar-refractivity contribution is -0.143. The Bertz CT molecular complexity index is 692. The average molecular weight is 379 g/mol. The monoisotopic (exact) mass is 379 g/mol. The fourth-order valence-electron chi connectivity index (χ4n) is 2.37. The van der Waals surface area contributed by atoms with Crippen molar-refractivity contribution >= 4 is 41.2 Å². The number of hydrogen-bond acceptors (Lipinski definition) is 6. The van der Waals surface area contributed by atoms with E-state index in [4.69, 9.17) is 4.74 Å². The zero-order valence-corrected chi connectivity index (χ0v) is 15.5. The molecule has 0 bridgehead atoms. The number of carbonyl (C=O) groups is 4. The molecule has 1 fully saturated rings. The van der Waals surface area contributed by atoms with Crippen LogP contribution in [0.5, 0.6) is 0 Å². The van der Waals surface area contributed by atoms with Gasteiger partial charge in [0.05, 0.1) is 0 Å². The minimum absolute atomic E-state index is 0.0810. The van der Waals surface area contributed by atoms with Gasteiger partial charge in [0.25, 0.3) is 0 Å². The van der Waals surface area contributed by atoms with Gasteiger partial charge in [0.15, 0.2) is 0 Å². The summed E-state index contributed by atoms with van der Waals surface area (Å²) in [5, 5.41) is 2.61. The molecule has 2 rings (SSSR count). The van der Waals surface area contributed by atoms with E-state index in [2.05, 4.69) is 5.32 Å². The van der Waals surface area contributed by atoms with Crippen molar-refractivity contribution in [2.45, 2.75) is 18.2 Å². The molecule has 140 valence electrons. The molecule has 1 aromatic carbocycles. The van der Waals surface area contributed by atoms with Crippen LogP contribution in [0.4, 0.5) is 10.5 Å². The Morgan fingerprint density at radius 3 is 2.38 bits per heavy atom. The lowest BCUT2D eigenvalue weighted by Gasteiger charge is -2.15. The third-order valence-corrected chi connectivity index (χ3v) is 4.43. The highest BCUT2D eigenvalue weighted by Crippen LogP contribution is 2.18. The molecule has 9 heteroatoms. The summed E-state index contributed by atoms with van der Waals surface area (Å²) in [5.74, 6) is -2.45. The summed E-state index contributed by atoms with van der Waals surface area (Å²) in [5.41, 5.74) is 0.548. The molecule has 1 aliphatic rings. The molecule has 1 N–H and O–H groups in total. The Hall–Kier alpha value is -2.39. The molecular weight excluding hydrogens is 358 g/mol. The lowest BCUT2D eigenvalue weighted by Crippen LogP contribution is -2.39. The highest BCUT2D eigenvalue weighted by Gasteiger charge is 2.44. The number of rotatable bonds is 9. The van der Waals surface area contributed by atoms with Gasteiger partial charge in [0, 0.05) is 30.3 Å². The van der Waals surface area contributed by atoms with E-state index in [-0.39, 0.29) is 6.54 Å². The Morgan fingerprint density at radius 2 is 1.77 bits per heavy atom. The highest BCUT2D eigenvalue weighted by molar-refractivity contribution is 7.98. The maximum Gasteiger partial charge on any atom is 0.334 e. The molecule has 1 aromatic rings. The van der Waals surface area contributed by atoms with Crippen LogP contribution in [0.2, 0.25) is 0 Å². The van der Waals surface area contributed by atoms with E-state index in [1.165, 1.54) is 0 Å². The molecule has 0 unspecified atom stereocenters. The van der Waals surface area contributed by atoms with Gasteiger partial charge in [-0.15, -0.1) is 11.8 Å². The van der Waals surface area contributed by atoms with Crippen LogP contribution in [0.25, 0.3) is 0 Å². The number of nitrogens with one attached hydrogen (secondary N) is 1. The quantitative estimate of drug-likeness (QED) is 0.303. The van der Waals surface area contributed by atoms with Gasteiger partial charge in [-0.05, 0) is 43.9 Å². The second-order valence-electron chi connectivity index (χ2n) is 5.46. The van der Waals surface area contributed by atoms with Crippen molar-refractivity contribution in [2.75, 3.05) is 37.9 Å². The van der Waals surface area contributed by atoms with Crippen molar-refractivity contribution in [3.05, 3.63) is 24.3 Å². The van der Waals surface area contributed by atoms with Crippen molar-refractivity contribution in [1.82, 2.24) is 9.80 Å². The normalized spacial score (nSPS) is 14.3. The molecule has 0 aromatic heterocycles. The summed E-state index contributed by atoms with van der Waals surface area (Å²) in [7, 11) is 0. The smallest absolute Gasteiger partial charge is 0.334 e. The number of hydrogen-bond donors (Lipinski definition) is 1. The van der Waals surface area contributed by atoms with Crippen LogP contribution in [0, 0.1) is 0 Å². The summed E-state index contributed by atoms with van der Waals surface area (Å²) in [6, 6.07) is 6.36. The van der Waals surface area contributed by atoms with Crippen molar-refractivity contribution in [2.24, 2.45) is 0 Å². The van der Waals surface area contributed by atoms with Gasteiger partial charge in [-0.2, -0.15) is 0 Å². The van der Waals surface area contributed by atoms with Gasteiger partial charge >= 0.3 is 17.8 Å². The van der Waals surface area contributed by atoms with E-state index in [9.17, 15) is 19.2 Å². The molecule has 0 spiro atoms. The van der Waals surface area contributed by atoms with Gasteiger partial charge in [-0.1, -0.05) is 0 Å². The van der Waals surface area contributed by atoms with Crippen LogP contribution >= 0.6 is 11.8 Å². The molecule has 1 saturated heterocycles. The predicted octanol–water partition coefficient (Wildman–Crippen LogP) is 1.56. The number of anilines is 1. The predicted molar refractivity (Wildman–Crippen MR) is 96.8 cm³/mol. The van der Waals surface area contributed by atoms with Crippen molar-refractivity contribution < 1.29 is 23.9 Å². The number of thioether (sulfide) groups is 1. The number of benzene rings is 1. The Kier molecular flexibility index (Phi) is 7.16. The maximum absolute atomic E-state index is 12.2. The zero-order valence-electron chi connectivity index (χ0n) is 14.7. The Labute approximate surface area is 155 Å². The minimum Gasteiger partial charge on any atom is -0.382 e. The van der Waals surface area contributed by atoms with Crippen molar-refractivity contribution in [3.63, 3.8) is 0 Å². The molecule has 8 nitrogen and oxygen atoms in total. The van der Waals surface area contributed by atoms with E-state index >= 15 is 0 Å². The third-order valence-electron chi connectivity index (χ3n) is 3.69. The summed E-state index contributed by atoms with van der Waals surface area (Å²) in [6.45, 7) is 2.33. The molecule has 0 aliphatic carbocycles. The number of amides is 5. The first kappa shape index (κ1) is 19.9. The SMILES string of the molecule is CCOCCCN1C(=O)C(=O)N(CC(=O)Nc2ccc(SC)cc2)C1=O. The topological polar surface area (TPSA) is 96.0 Å². The number of imide groups is 2. The minimum atomic E-state index is -0.987. The van der Waals surface area contributed by atoms with E-state index < -0.39 is 30.3 Å². The third kappa shape index (κ3) is 4.83. The van der Waals surface area contributed by atoms with Gasteiger partial charge < -0.3 is 10.1 Å². The summed E-state index contributed by atoms with van der Waals surface area (Å²) >= 11 is 1.57. The van der Waals surface area contributed by atoms with Crippen LogP contribution < -0.4 is 5.32 Å². The van der Waals surface area contributed by atoms with E-state index in [1.54, 1.807) is 23.9 Å². The summed E-state index contributed by atoms with van der Waals surface area (Å²) in [6.07, 6.45) is 2.37. The molecule has 1 aliphatic heterocycles. The summed E-state index contributed by atoms with van der Waals surface area (Å²) < 4.78 is 5.15. The first-order chi connectivity index (χ1) is 12.5. The largest absolute Gasteiger partial charge is 0.382 e. The molecule has 5 amide bonds. The van der Waals surface area contributed by atoms with Gasteiger partial charge in [-0.25, -0.2) is 9.69 Å². The van der Waals surface area contributed by atoms with Crippen molar-refractivity contribution in [1.29, 1.82) is 0 Å². The molecule has 26 heavy (non-hydrogen) atoms. The van der Waals surface area contributed by atoms with Crippen LogP contribution in [-0.2, 0) is 19.1 Å². The molecule has 0 saturated carbocycles. The van der Waals surface area contributed by atoms with Crippen molar-refractivity contribution in [3.8, 4) is 0 Å². The van der Waals surface area contributed by atoms with E-state index in [1.807, 2.05) is 25.3 Å². The van der Waals surface area contributed by atoms with Gasteiger partial charge in [0.1, 0.15) is 6.54 Å². The maximum atomic E-state index is 12.2. The van der Waals surface area contributed by atoms with Crippen LogP contribution in [0.3, 0.4) is 0 Å². The number of urea groups is 1. The van der Waals surface area contributed by atoms with Crippen LogP contribution in [0.15, 0.2) is 29.2 Å². The number of nitrogens with zero attached hydrogens (tertiary/aromatic N) is 2. The summed E-state index contributed by atoms with van der Waals surface area (Å²) in [4.78, 5) is 50.8. The Balaban J connectivity index is 1.92. The first-order valence-corrected chi connectivity index (χ1v) is 9.39. The van der Waals surface area contributed by atoms with E-state index in [0.717, 1.165) is 9.80 Å². The van der Waals surface area contributed by atoms with Crippen LogP contribution in [-0.4, -0.2) is 66.1 Å².